The molecule has 0 aromatic heterocycles. The van der Waals surface area contributed by atoms with E-state index >= 15 is 0 Å². The van der Waals surface area contributed by atoms with E-state index in [2.05, 4.69) is 4.90 Å². The molecule has 0 atom stereocenters. The van der Waals surface area contributed by atoms with Crippen LogP contribution in [0.2, 0.25) is 0 Å². The van der Waals surface area contributed by atoms with Gasteiger partial charge in [0.15, 0.2) is 0 Å². The molecular weight excluding hydrogens is 228 g/mol. The molecule has 0 aromatic carbocycles. The Hall–Kier alpha value is -0.170. The SMILES string of the molecule is O=S(=O)(CC1CC1)N1CCN(CCO)CC1. The summed E-state index contributed by atoms with van der Waals surface area (Å²) in [6.07, 6.45) is 2.15. The topological polar surface area (TPSA) is 60.9 Å². The number of sulfonamides is 1. The fraction of sp³-hybridized carbons (Fsp3) is 1.00. The quantitative estimate of drug-likeness (QED) is 0.701. The first kappa shape index (κ1) is 12.3. The van der Waals surface area contributed by atoms with Gasteiger partial charge in [-0.1, -0.05) is 0 Å². The van der Waals surface area contributed by atoms with Gasteiger partial charge in [0.1, 0.15) is 0 Å². The molecule has 1 N–H and O–H groups in total. The van der Waals surface area contributed by atoms with Crippen molar-refractivity contribution in [2.24, 2.45) is 5.92 Å². The van der Waals surface area contributed by atoms with Crippen molar-refractivity contribution in [2.45, 2.75) is 12.8 Å². The maximum atomic E-state index is 12.0. The highest BCUT2D eigenvalue weighted by molar-refractivity contribution is 7.89. The smallest absolute Gasteiger partial charge is 0.214 e. The zero-order valence-electron chi connectivity index (χ0n) is 9.51. The summed E-state index contributed by atoms with van der Waals surface area (Å²) in [5, 5.41) is 8.80. The van der Waals surface area contributed by atoms with E-state index in [1.807, 2.05) is 0 Å². The van der Waals surface area contributed by atoms with Gasteiger partial charge in [-0.3, -0.25) is 4.90 Å². The van der Waals surface area contributed by atoms with Gasteiger partial charge in [0.2, 0.25) is 10.0 Å². The molecule has 1 heterocycles. The Labute approximate surface area is 97.1 Å². The van der Waals surface area contributed by atoms with E-state index < -0.39 is 10.0 Å². The number of nitrogens with zero attached hydrogens (tertiary/aromatic N) is 2. The summed E-state index contributed by atoms with van der Waals surface area (Å²) in [7, 11) is -3.01. The molecule has 0 bridgehead atoms. The third kappa shape index (κ3) is 3.16. The van der Waals surface area contributed by atoms with Crippen LogP contribution in [0.15, 0.2) is 0 Å². The molecule has 0 radical (unpaired) electrons. The zero-order valence-corrected chi connectivity index (χ0v) is 10.3. The van der Waals surface area contributed by atoms with E-state index in [9.17, 15) is 8.42 Å². The largest absolute Gasteiger partial charge is 0.395 e. The fourth-order valence-electron chi connectivity index (χ4n) is 2.06. The van der Waals surface area contributed by atoms with Crippen molar-refractivity contribution >= 4 is 10.0 Å². The van der Waals surface area contributed by atoms with E-state index in [4.69, 9.17) is 5.11 Å². The molecule has 5 nitrogen and oxygen atoms in total. The van der Waals surface area contributed by atoms with Crippen LogP contribution in [0.25, 0.3) is 0 Å². The van der Waals surface area contributed by atoms with Crippen LogP contribution in [0.4, 0.5) is 0 Å². The fourth-order valence-corrected chi connectivity index (χ4v) is 3.92. The number of β-amino-alcohol motifs (C(OH)–C–C–N with tert-alkyl or cyclic N) is 1. The third-order valence-electron chi connectivity index (χ3n) is 3.28. The minimum atomic E-state index is -3.01. The lowest BCUT2D eigenvalue weighted by molar-refractivity contribution is 0.151. The van der Waals surface area contributed by atoms with Crippen LogP contribution in [0.1, 0.15) is 12.8 Å². The summed E-state index contributed by atoms with van der Waals surface area (Å²) < 4.78 is 25.5. The second-order valence-corrected chi connectivity index (χ2v) is 6.70. The summed E-state index contributed by atoms with van der Waals surface area (Å²) >= 11 is 0. The first-order valence-electron chi connectivity index (χ1n) is 5.93. The van der Waals surface area contributed by atoms with E-state index in [0.29, 0.717) is 31.3 Å². The average molecular weight is 248 g/mol. The van der Waals surface area contributed by atoms with E-state index in [1.54, 1.807) is 4.31 Å². The van der Waals surface area contributed by atoms with Gasteiger partial charge in [0, 0.05) is 32.7 Å². The number of piperazine rings is 1. The van der Waals surface area contributed by atoms with Crippen molar-refractivity contribution in [3.05, 3.63) is 0 Å². The predicted octanol–water partition coefficient (Wildman–Crippen LogP) is -0.664. The Morgan fingerprint density at radius 2 is 1.75 bits per heavy atom. The van der Waals surface area contributed by atoms with Gasteiger partial charge in [0.25, 0.3) is 0 Å². The Bertz CT molecular complexity index is 319. The van der Waals surface area contributed by atoms with Crippen LogP contribution < -0.4 is 0 Å². The summed E-state index contributed by atoms with van der Waals surface area (Å²) in [4.78, 5) is 2.10. The monoisotopic (exact) mass is 248 g/mol. The van der Waals surface area contributed by atoms with Crippen molar-refractivity contribution in [3.63, 3.8) is 0 Å². The number of hydrogen-bond donors (Lipinski definition) is 1. The van der Waals surface area contributed by atoms with Gasteiger partial charge in [-0.2, -0.15) is 4.31 Å². The van der Waals surface area contributed by atoms with Gasteiger partial charge in [-0.05, 0) is 18.8 Å². The van der Waals surface area contributed by atoms with E-state index in [-0.39, 0.29) is 6.61 Å². The summed E-state index contributed by atoms with van der Waals surface area (Å²) in [5.74, 6) is 0.757. The Balaban J connectivity index is 1.82. The molecular formula is C10H20N2O3S. The van der Waals surface area contributed by atoms with Gasteiger partial charge in [0.05, 0.1) is 12.4 Å². The van der Waals surface area contributed by atoms with Crippen molar-refractivity contribution in [1.29, 1.82) is 0 Å². The van der Waals surface area contributed by atoms with Crippen LogP contribution in [-0.4, -0.2) is 67.8 Å². The lowest BCUT2D eigenvalue weighted by Crippen LogP contribution is -2.49. The number of hydrogen-bond acceptors (Lipinski definition) is 4. The average Bonchev–Trinajstić information content (AvgIpc) is 3.02. The highest BCUT2D eigenvalue weighted by atomic mass is 32.2. The number of aliphatic hydroxyl groups is 1. The molecule has 16 heavy (non-hydrogen) atoms. The second-order valence-electron chi connectivity index (χ2n) is 4.69. The number of rotatable bonds is 5. The highest BCUT2D eigenvalue weighted by Gasteiger charge is 2.33. The van der Waals surface area contributed by atoms with Gasteiger partial charge < -0.3 is 5.11 Å². The Kier molecular flexibility index (Phi) is 3.84. The second kappa shape index (κ2) is 5.00. The number of aliphatic hydroxyl groups excluding tert-OH is 1. The summed E-state index contributed by atoms with van der Waals surface area (Å²) in [6, 6.07) is 0. The molecule has 94 valence electrons. The van der Waals surface area contributed by atoms with Gasteiger partial charge in [-0.15, -0.1) is 0 Å². The van der Waals surface area contributed by atoms with E-state index in [0.717, 1.165) is 25.9 Å². The molecule has 0 amide bonds. The first-order chi connectivity index (χ1) is 7.62. The molecule has 2 aliphatic rings. The molecule has 1 saturated heterocycles. The van der Waals surface area contributed by atoms with Crippen LogP contribution in [0.5, 0.6) is 0 Å². The van der Waals surface area contributed by atoms with Crippen molar-refractivity contribution in [2.75, 3.05) is 45.1 Å². The molecule has 1 aliphatic carbocycles. The molecule has 1 aliphatic heterocycles. The summed E-state index contributed by atoms with van der Waals surface area (Å²) in [6.45, 7) is 3.43. The lowest BCUT2D eigenvalue weighted by Gasteiger charge is -2.33. The highest BCUT2D eigenvalue weighted by Crippen LogP contribution is 2.31. The van der Waals surface area contributed by atoms with Crippen molar-refractivity contribution in [3.8, 4) is 0 Å². The van der Waals surface area contributed by atoms with Crippen LogP contribution >= 0.6 is 0 Å². The maximum absolute atomic E-state index is 12.0. The lowest BCUT2D eigenvalue weighted by atomic mass is 10.4. The van der Waals surface area contributed by atoms with Gasteiger partial charge in [-0.25, -0.2) is 8.42 Å². The van der Waals surface area contributed by atoms with Crippen molar-refractivity contribution in [1.82, 2.24) is 9.21 Å². The molecule has 0 spiro atoms. The van der Waals surface area contributed by atoms with Crippen LogP contribution in [-0.2, 0) is 10.0 Å². The van der Waals surface area contributed by atoms with Crippen LogP contribution in [0.3, 0.4) is 0 Å². The van der Waals surface area contributed by atoms with E-state index in [1.165, 1.54) is 0 Å². The Morgan fingerprint density at radius 3 is 2.25 bits per heavy atom. The first-order valence-corrected chi connectivity index (χ1v) is 7.54. The van der Waals surface area contributed by atoms with Crippen LogP contribution in [0, 0.1) is 5.92 Å². The van der Waals surface area contributed by atoms with Crippen molar-refractivity contribution < 1.29 is 13.5 Å². The normalized spacial score (nSPS) is 24.8. The minimum Gasteiger partial charge on any atom is -0.395 e. The van der Waals surface area contributed by atoms with Gasteiger partial charge >= 0.3 is 0 Å². The Morgan fingerprint density at radius 1 is 1.12 bits per heavy atom. The molecule has 2 fully saturated rings. The predicted molar refractivity (Wildman–Crippen MR) is 61.6 cm³/mol. The molecule has 0 unspecified atom stereocenters. The molecule has 6 heteroatoms. The summed E-state index contributed by atoms with van der Waals surface area (Å²) in [5.41, 5.74) is 0. The molecule has 2 rings (SSSR count). The minimum absolute atomic E-state index is 0.148. The molecule has 0 aromatic rings. The maximum Gasteiger partial charge on any atom is 0.214 e. The zero-order chi connectivity index (χ0) is 11.6. The molecule has 1 saturated carbocycles. The third-order valence-corrected chi connectivity index (χ3v) is 5.33. The standard InChI is InChI=1S/C10H20N2O3S/c13-8-7-11-3-5-12(6-4-11)16(14,15)9-10-1-2-10/h10,13H,1-9H2.